The van der Waals surface area contributed by atoms with Crippen molar-refractivity contribution in [2.24, 2.45) is 4.99 Å². The molecule has 1 atom stereocenters. The van der Waals surface area contributed by atoms with Crippen LogP contribution in [0.15, 0.2) is 29.3 Å². The maximum atomic E-state index is 4.35. The lowest BCUT2D eigenvalue weighted by Gasteiger charge is -2.35. The number of nitrogens with zero attached hydrogens (tertiary/aromatic N) is 3. The van der Waals surface area contributed by atoms with Gasteiger partial charge in [-0.25, -0.2) is 0 Å². The molecule has 1 aromatic carbocycles. The van der Waals surface area contributed by atoms with Crippen LogP contribution >= 0.6 is 0 Å². The van der Waals surface area contributed by atoms with E-state index in [4.69, 9.17) is 0 Å². The Labute approximate surface area is 153 Å². The number of benzene rings is 1. The van der Waals surface area contributed by atoms with Crippen molar-refractivity contribution in [1.29, 1.82) is 0 Å². The Morgan fingerprint density at radius 3 is 2.84 bits per heavy atom. The summed E-state index contributed by atoms with van der Waals surface area (Å²) in [6.07, 6.45) is 5.34. The summed E-state index contributed by atoms with van der Waals surface area (Å²) in [7, 11) is 5.97. The Hall–Kier alpha value is -1.75. The van der Waals surface area contributed by atoms with E-state index < -0.39 is 0 Å². The normalized spacial score (nSPS) is 18.9. The van der Waals surface area contributed by atoms with Gasteiger partial charge in [0.15, 0.2) is 5.96 Å². The number of rotatable bonds is 7. The van der Waals surface area contributed by atoms with Crippen LogP contribution in [0.2, 0.25) is 0 Å². The summed E-state index contributed by atoms with van der Waals surface area (Å²) in [6, 6.07) is 9.34. The fourth-order valence-electron chi connectivity index (χ4n) is 3.49. The van der Waals surface area contributed by atoms with Crippen LogP contribution in [0, 0.1) is 0 Å². The monoisotopic (exact) mass is 345 g/mol. The summed E-state index contributed by atoms with van der Waals surface area (Å²) in [6.45, 7) is 6.36. The van der Waals surface area contributed by atoms with Crippen LogP contribution in [0.5, 0.6) is 0 Å². The molecule has 1 aliphatic heterocycles. The molecule has 5 heteroatoms. The van der Waals surface area contributed by atoms with Crippen molar-refractivity contribution in [2.75, 3.05) is 45.7 Å². The predicted octanol–water partition coefficient (Wildman–Crippen LogP) is 2.68. The first-order valence-corrected chi connectivity index (χ1v) is 9.59. The van der Waals surface area contributed by atoms with Gasteiger partial charge in [0.2, 0.25) is 0 Å². The molecule has 1 fully saturated rings. The van der Waals surface area contributed by atoms with Gasteiger partial charge in [-0.05, 0) is 43.5 Å². The predicted molar refractivity (Wildman–Crippen MR) is 108 cm³/mol. The Bertz CT molecular complexity index is 541. The number of piperidine rings is 1. The van der Waals surface area contributed by atoms with Gasteiger partial charge in [-0.3, -0.25) is 9.89 Å². The van der Waals surface area contributed by atoms with E-state index in [0.29, 0.717) is 0 Å². The van der Waals surface area contributed by atoms with E-state index >= 15 is 0 Å². The highest BCUT2D eigenvalue weighted by Crippen LogP contribution is 2.18. The van der Waals surface area contributed by atoms with Crippen molar-refractivity contribution in [3.8, 4) is 0 Å². The maximum Gasteiger partial charge on any atom is 0.191 e. The molecule has 0 spiro atoms. The molecular weight excluding hydrogens is 310 g/mol. The number of hydrogen-bond acceptors (Lipinski definition) is 3. The molecule has 25 heavy (non-hydrogen) atoms. The molecule has 0 bridgehead atoms. The molecule has 0 saturated carbocycles. The molecule has 0 aliphatic carbocycles. The second-order valence-electron chi connectivity index (χ2n) is 7.01. The minimum Gasteiger partial charge on any atom is -0.378 e. The third-order valence-corrected chi connectivity index (χ3v) is 5.02. The maximum absolute atomic E-state index is 4.35. The topological polar surface area (TPSA) is 42.9 Å². The highest BCUT2D eigenvalue weighted by atomic mass is 15.2. The van der Waals surface area contributed by atoms with Gasteiger partial charge < -0.3 is 15.5 Å². The summed E-state index contributed by atoms with van der Waals surface area (Å²) < 4.78 is 0. The number of aliphatic imine (C=N–C) groups is 1. The van der Waals surface area contributed by atoms with Crippen molar-refractivity contribution in [3.05, 3.63) is 29.8 Å². The zero-order valence-electron chi connectivity index (χ0n) is 16.4. The van der Waals surface area contributed by atoms with Crippen molar-refractivity contribution in [3.63, 3.8) is 0 Å². The number of hydrogen-bond donors (Lipinski definition) is 2. The lowest BCUT2D eigenvalue weighted by atomic mass is 10.0. The van der Waals surface area contributed by atoms with Crippen LogP contribution in [-0.4, -0.2) is 57.7 Å². The van der Waals surface area contributed by atoms with Crippen molar-refractivity contribution >= 4 is 11.6 Å². The summed E-state index contributed by atoms with van der Waals surface area (Å²) in [5.41, 5.74) is 2.48. The van der Waals surface area contributed by atoms with Crippen molar-refractivity contribution in [2.45, 2.75) is 45.2 Å². The fourth-order valence-corrected chi connectivity index (χ4v) is 3.49. The van der Waals surface area contributed by atoms with Crippen molar-refractivity contribution < 1.29 is 0 Å². The van der Waals surface area contributed by atoms with E-state index in [-0.39, 0.29) is 0 Å². The Balaban J connectivity index is 1.76. The first kappa shape index (κ1) is 19.6. The van der Waals surface area contributed by atoms with E-state index in [2.05, 4.69) is 70.7 Å². The molecule has 1 saturated heterocycles. The van der Waals surface area contributed by atoms with Crippen LogP contribution in [-0.2, 0) is 6.54 Å². The van der Waals surface area contributed by atoms with Gasteiger partial charge in [-0.15, -0.1) is 0 Å². The molecule has 1 aliphatic rings. The van der Waals surface area contributed by atoms with Crippen molar-refractivity contribution in [1.82, 2.24) is 15.5 Å². The number of nitrogens with one attached hydrogen (secondary N) is 2. The molecule has 0 amide bonds. The van der Waals surface area contributed by atoms with E-state index in [0.717, 1.165) is 31.6 Å². The molecule has 1 aromatic rings. The second kappa shape index (κ2) is 10.3. The first-order valence-electron chi connectivity index (χ1n) is 9.59. The van der Waals surface area contributed by atoms with E-state index in [9.17, 15) is 0 Å². The third kappa shape index (κ3) is 6.24. The van der Waals surface area contributed by atoms with Crippen LogP contribution in [0.25, 0.3) is 0 Å². The van der Waals surface area contributed by atoms with Gasteiger partial charge in [0, 0.05) is 52.5 Å². The fraction of sp³-hybridized carbons (Fsp3) is 0.650. The van der Waals surface area contributed by atoms with Crippen LogP contribution in [0.4, 0.5) is 5.69 Å². The average molecular weight is 346 g/mol. The smallest absolute Gasteiger partial charge is 0.191 e. The molecule has 1 unspecified atom stereocenters. The van der Waals surface area contributed by atoms with Gasteiger partial charge >= 0.3 is 0 Å². The Morgan fingerprint density at radius 1 is 1.28 bits per heavy atom. The molecule has 2 N–H and O–H groups in total. The minimum absolute atomic E-state index is 0.763. The Kier molecular flexibility index (Phi) is 8.06. The Morgan fingerprint density at radius 2 is 2.12 bits per heavy atom. The molecule has 5 nitrogen and oxygen atoms in total. The van der Waals surface area contributed by atoms with E-state index in [1.807, 2.05) is 7.05 Å². The highest BCUT2D eigenvalue weighted by molar-refractivity contribution is 5.79. The summed E-state index contributed by atoms with van der Waals surface area (Å²) in [5.74, 6) is 0.875. The molecule has 0 radical (unpaired) electrons. The lowest BCUT2D eigenvalue weighted by molar-refractivity contribution is 0.147. The summed E-state index contributed by atoms with van der Waals surface area (Å²) >= 11 is 0. The number of guanidine groups is 1. The molecular formula is C20H35N5. The van der Waals surface area contributed by atoms with Gasteiger partial charge in [0.05, 0.1) is 0 Å². The largest absolute Gasteiger partial charge is 0.378 e. The standard InChI is InChI=1S/C20H35N5/c1-5-18-10-6-7-13-25(18)14-12-22-20(21-2)23-16-17-9-8-11-19(15-17)24(3)4/h8-9,11,15,18H,5-7,10,12-14,16H2,1-4H3,(H2,21,22,23). The molecule has 0 aromatic heterocycles. The quantitative estimate of drug-likeness (QED) is 0.589. The van der Waals surface area contributed by atoms with Gasteiger partial charge in [-0.1, -0.05) is 25.5 Å². The minimum atomic E-state index is 0.763. The second-order valence-corrected chi connectivity index (χ2v) is 7.01. The van der Waals surface area contributed by atoms with Crippen LogP contribution in [0.1, 0.15) is 38.2 Å². The number of anilines is 1. The van der Waals surface area contributed by atoms with Crippen LogP contribution < -0.4 is 15.5 Å². The average Bonchev–Trinajstić information content (AvgIpc) is 2.65. The number of likely N-dealkylation sites (tertiary alicyclic amines) is 1. The van der Waals surface area contributed by atoms with E-state index in [1.54, 1.807) is 0 Å². The lowest BCUT2D eigenvalue weighted by Crippen LogP contribution is -2.45. The first-order chi connectivity index (χ1) is 12.1. The molecule has 2 rings (SSSR count). The zero-order chi connectivity index (χ0) is 18.1. The third-order valence-electron chi connectivity index (χ3n) is 5.02. The van der Waals surface area contributed by atoms with Gasteiger partial charge in [-0.2, -0.15) is 0 Å². The van der Waals surface area contributed by atoms with Gasteiger partial charge in [0.25, 0.3) is 0 Å². The summed E-state index contributed by atoms with van der Waals surface area (Å²) in [4.78, 5) is 9.10. The molecule has 140 valence electrons. The van der Waals surface area contributed by atoms with Gasteiger partial charge in [0.1, 0.15) is 0 Å². The highest BCUT2D eigenvalue weighted by Gasteiger charge is 2.19. The zero-order valence-corrected chi connectivity index (χ0v) is 16.4. The summed E-state index contributed by atoms with van der Waals surface area (Å²) in [5, 5.41) is 6.87. The molecule has 1 heterocycles. The van der Waals surface area contributed by atoms with Crippen LogP contribution in [0.3, 0.4) is 0 Å². The SMILES string of the molecule is CCC1CCCCN1CCNC(=NC)NCc1cccc(N(C)C)c1. The van der Waals surface area contributed by atoms with E-state index in [1.165, 1.54) is 43.5 Å².